The zero-order chi connectivity index (χ0) is 17.6. The lowest BCUT2D eigenvalue weighted by atomic mass is 10.2. The van der Waals surface area contributed by atoms with Crippen LogP contribution in [0.1, 0.15) is 16.2 Å². The first-order valence-corrected chi connectivity index (χ1v) is 8.51. The molecule has 1 fully saturated rings. The number of hydrogen-bond acceptors (Lipinski definition) is 5. The molecule has 3 rings (SSSR count). The van der Waals surface area contributed by atoms with E-state index < -0.39 is 6.10 Å². The first-order valence-electron chi connectivity index (χ1n) is 8.51. The molecular weight excluding hydrogens is 320 g/mol. The summed E-state index contributed by atoms with van der Waals surface area (Å²) in [5, 5.41) is 17.0. The van der Waals surface area contributed by atoms with E-state index in [4.69, 9.17) is 4.74 Å². The zero-order valence-corrected chi connectivity index (χ0v) is 14.4. The number of aliphatic hydroxyl groups excluding tert-OH is 1. The van der Waals surface area contributed by atoms with E-state index in [1.165, 1.54) is 0 Å². The first-order chi connectivity index (χ1) is 12.1. The number of benzene rings is 1. The fraction of sp³-hybridized carbons (Fsp3) is 0.444. The van der Waals surface area contributed by atoms with Crippen molar-refractivity contribution >= 4 is 5.91 Å². The Morgan fingerprint density at radius 3 is 2.64 bits per heavy atom. The van der Waals surface area contributed by atoms with Gasteiger partial charge in [-0.25, -0.2) is 0 Å². The molecule has 1 aromatic heterocycles. The van der Waals surface area contributed by atoms with E-state index in [-0.39, 0.29) is 12.5 Å². The van der Waals surface area contributed by atoms with Crippen molar-refractivity contribution in [2.75, 3.05) is 39.3 Å². The molecule has 0 radical (unpaired) electrons. The Balaban J connectivity index is 1.40. The Bertz CT molecular complexity index is 681. The van der Waals surface area contributed by atoms with E-state index in [9.17, 15) is 9.90 Å². The van der Waals surface area contributed by atoms with Crippen LogP contribution < -0.4 is 4.74 Å². The molecule has 7 nitrogen and oxygen atoms in total. The highest BCUT2D eigenvalue weighted by molar-refractivity contribution is 5.92. The average Bonchev–Trinajstić information content (AvgIpc) is 3.07. The maximum Gasteiger partial charge on any atom is 0.274 e. The molecule has 0 bridgehead atoms. The van der Waals surface area contributed by atoms with Gasteiger partial charge in [0.25, 0.3) is 5.91 Å². The standard InChI is InChI=1S/C18H24N4O3/c1-14-11-17(20-19-14)18(24)22-9-7-21(8-10-22)12-15(23)13-25-16-5-3-2-4-6-16/h2-6,11,15,23H,7-10,12-13H2,1H3,(H,19,20). The number of aromatic nitrogens is 2. The van der Waals surface area contributed by atoms with Gasteiger partial charge in [0.05, 0.1) is 0 Å². The van der Waals surface area contributed by atoms with Crippen LogP contribution in [-0.2, 0) is 0 Å². The number of carbonyl (C=O) groups excluding carboxylic acids is 1. The molecule has 0 spiro atoms. The van der Waals surface area contributed by atoms with E-state index in [0.29, 0.717) is 25.3 Å². The zero-order valence-electron chi connectivity index (χ0n) is 14.4. The van der Waals surface area contributed by atoms with Crippen molar-refractivity contribution in [2.24, 2.45) is 0 Å². The summed E-state index contributed by atoms with van der Waals surface area (Å²) in [6, 6.07) is 11.2. The molecule has 134 valence electrons. The number of carbonyl (C=O) groups is 1. The topological polar surface area (TPSA) is 81.7 Å². The molecule has 1 unspecified atom stereocenters. The molecule has 0 aliphatic carbocycles. The molecule has 2 heterocycles. The fourth-order valence-corrected chi connectivity index (χ4v) is 2.88. The lowest BCUT2D eigenvalue weighted by Crippen LogP contribution is -2.51. The van der Waals surface area contributed by atoms with Gasteiger partial charge in [-0.2, -0.15) is 5.10 Å². The van der Waals surface area contributed by atoms with Gasteiger partial charge >= 0.3 is 0 Å². The summed E-state index contributed by atoms with van der Waals surface area (Å²) >= 11 is 0. The number of nitrogens with zero attached hydrogens (tertiary/aromatic N) is 3. The Morgan fingerprint density at radius 1 is 1.28 bits per heavy atom. The Morgan fingerprint density at radius 2 is 2.00 bits per heavy atom. The van der Waals surface area contributed by atoms with Crippen LogP contribution in [0.2, 0.25) is 0 Å². The summed E-state index contributed by atoms with van der Waals surface area (Å²) in [5.41, 5.74) is 1.34. The van der Waals surface area contributed by atoms with Gasteiger partial charge in [-0.1, -0.05) is 18.2 Å². The summed E-state index contributed by atoms with van der Waals surface area (Å²) in [5.74, 6) is 0.711. The number of H-pyrrole nitrogens is 1. The Hall–Kier alpha value is -2.38. The van der Waals surface area contributed by atoms with E-state index in [0.717, 1.165) is 24.5 Å². The van der Waals surface area contributed by atoms with Gasteiger partial charge < -0.3 is 14.7 Å². The smallest absolute Gasteiger partial charge is 0.274 e. The first kappa shape index (κ1) is 17.4. The minimum absolute atomic E-state index is 0.0445. The van der Waals surface area contributed by atoms with Crippen LogP contribution in [0.15, 0.2) is 36.4 Å². The second-order valence-electron chi connectivity index (χ2n) is 6.31. The maximum atomic E-state index is 12.4. The molecule has 1 saturated heterocycles. The number of β-amino-alcohol motifs (C(OH)–C–C–N with tert-alkyl or cyclic N) is 1. The largest absolute Gasteiger partial charge is 0.491 e. The molecule has 1 aliphatic heterocycles. The van der Waals surface area contributed by atoms with Crippen LogP contribution in [0.5, 0.6) is 5.75 Å². The second-order valence-corrected chi connectivity index (χ2v) is 6.31. The third-order valence-electron chi connectivity index (χ3n) is 4.24. The van der Waals surface area contributed by atoms with Crippen LogP contribution in [0.4, 0.5) is 0 Å². The van der Waals surface area contributed by atoms with Crippen LogP contribution in [0.25, 0.3) is 0 Å². The minimum Gasteiger partial charge on any atom is -0.491 e. The number of amides is 1. The van der Waals surface area contributed by atoms with E-state index in [1.807, 2.05) is 37.3 Å². The van der Waals surface area contributed by atoms with Gasteiger partial charge in [0.1, 0.15) is 24.2 Å². The van der Waals surface area contributed by atoms with Crippen LogP contribution in [0.3, 0.4) is 0 Å². The van der Waals surface area contributed by atoms with Crippen molar-refractivity contribution in [1.29, 1.82) is 0 Å². The number of aryl methyl sites for hydroxylation is 1. The van der Waals surface area contributed by atoms with Crippen LogP contribution in [0, 0.1) is 6.92 Å². The number of ether oxygens (including phenoxy) is 1. The Kier molecular flexibility index (Phi) is 5.67. The molecule has 2 N–H and O–H groups in total. The van der Waals surface area contributed by atoms with Gasteiger partial charge in [-0.3, -0.25) is 14.8 Å². The van der Waals surface area contributed by atoms with Gasteiger partial charge in [0, 0.05) is 38.4 Å². The van der Waals surface area contributed by atoms with Crippen molar-refractivity contribution in [2.45, 2.75) is 13.0 Å². The van der Waals surface area contributed by atoms with Crippen molar-refractivity contribution in [3.63, 3.8) is 0 Å². The van der Waals surface area contributed by atoms with Gasteiger partial charge in [-0.15, -0.1) is 0 Å². The molecule has 1 aromatic carbocycles. The van der Waals surface area contributed by atoms with Crippen LogP contribution >= 0.6 is 0 Å². The van der Waals surface area contributed by atoms with Crippen molar-refractivity contribution in [1.82, 2.24) is 20.0 Å². The number of aromatic amines is 1. The van der Waals surface area contributed by atoms with Crippen molar-refractivity contribution in [3.05, 3.63) is 47.8 Å². The number of para-hydroxylation sites is 1. The van der Waals surface area contributed by atoms with Gasteiger partial charge in [0.15, 0.2) is 0 Å². The number of hydrogen-bond donors (Lipinski definition) is 2. The normalized spacial score (nSPS) is 16.6. The minimum atomic E-state index is -0.559. The molecular formula is C18H24N4O3. The van der Waals surface area contributed by atoms with E-state index >= 15 is 0 Å². The molecule has 1 amide bonds. The van der Waals surface area contributed by atoms with Gasteiger partial charge in [0.2, 0.25) is 0 Å². The monoisotopic (exact) mass is 344 g/mol. The molecule has 0 saturated carbocycles. The fourth-order valence-electron chi connectivity index (χ4n) is 2.88. The number of aliphatic hydroxyl groups is 1. The maximum absolute atomic E-state index is 12.4. The van der Waals surface area contributed by atoms with Crippen molar-refractivity contribution in [3.8, 4) is 5.75 Å². The third kappa shape index (κ3) is 4.80. The van der Waals surface area contributed by atoms with Crippen molar-refractivity contribution < 1.29 is 14.6 Å². The number of piperazine rings is 1. The van der Waals surface area contributed by atoms with Crippen LogP contribution in [-0.4, -0.2) is 76.4 Å². The van der Waals surface area contributed by atoms with E-state index in [1.54, 1.807) is 11.0 Å². The quantitative estimate of drug-likeness (QED) is 0.814. The summed E-state index contributed by atoms with van der Waals surface area (Å²) in [4.78, 5) is 16.3. The number of rotatable bonds is 6. The second kappa shape index (κ2) is 8.13. The summed E-state index contributed by atoms with van der Waals surface area (Å²) in [6.07, 6.45) is -0.559. The molecule has 2 aromatic rings. The summed E-state index contributed by atoms with van der Waals surface area (Å²) in [6.45, 7) is 5.41. The molecule has 1 atom stereocenters. The predicted molar refractivity (Wildman–Crippen MR) is 93.6 cm³/mol. The Labute approximate surface area is 147 Å². The molecule has 1 aliphatic rings. The highest BCUT2D eigenvalue weighted by atomic mass is 16.5. The summed E-state index contributed by atoms with van der Waals surface area (Å²) in [7, 11) is 0. The average molecular weight is 344 g/mol. The van der Waals surface area contributed by atoms with Gasteiger partial charge in [-0.05, 0) is 25.1 Å². The summed E-state index contributed by atoms with van der Waals surface area (Å²) < 4.78 is 5.58. The lowest BCUT2D eigenvalue weighted by Gasteiger charge is -2.35. The highest BCUT2D eigenvalue weighted by Crippen LogP contribution is 2.11. The predicted octanol–water partition coefficient (Wildman–Crippen LogP) is 0.916. The molecule has 25 heavy (non-hydrogen) atoms. The lowest BCUT2D eigenvalue weighted by molar-refractivity contribution is 0.0401. The third-order valence-corrected chi connectivity index (χ3v) is 4.24. The van der Waals surface area contributed by atoms with E-state index in [2.05, 4.69) is 15.1 Å². The highest BCUT2D eigenvalue weighted by Gasteiger charge is 2.24. The molecule has 7 heteroatoms. The number of nitrogens with one attached hydrogen (secondary N) is 1. The SMILES string of the molecule is Cc1cc(C(=O)N2CCN(CC(O)COc3ccccc3)CC2)n[nH]1.